The van der Waals surface area contributed by atoms with Crippen LogP contribution in [0.4, 0.5) is 29.3 Å². The first-order chi connectivity index (χ1) is 13.0. The third kappa shape index (κ3) is 5.90. The summed E-state index contributed by atoms with van der Waals surface area (Å²) < 4.78 is 44.7. The van der Waals surface area contributed by atoms with Gasteiger partial charge in [0.15, 0.2) is 0 Å². The molecule has 2 N–H and O–H groups in total. The van der Waals surface area contributed by atoms with Crippen molar-refractivity contribution >= 4 is 17.5 Å². The molecule has 2 rings (SSSR count). The molecule has 4 nitrogen and oxygen atoms in total. The summed E-state index contributed by atoms with van der Waals surface area (Å²) >= 11 is 0. The maximum atomic E-state index is 13.4. The van der Waals surface area contributed by atoms with Gasteiger partial charge >= 0.3 is 12.3 Å². The smallest absolute Gasteiger partial charge is 0.418 e. The lowest BCUT2D eigenvalue weighted by molar-refractivity contribution is -0.136. The van der Waals surface area contributed by atoms with Crippen LogP contribution in [-0.2, 0) is 22.9 Å². The monoisotopic (exact) mass is 394 g/mol. The van der Waals surface area contributed by atoms with Gasteiger partial charge in [0.05, 0.1) is 17.9 Å². The molecule has 0 aliphatic rings. The van der Waals surface area contributed by atoms with E-state index in [1.807, 2.05) is 24.3 Å². The Hall–Kier alpha value is -2.70. The summed E-state index contributed by atoms with van der Waals surface area (Å²) in [7, 11) is 0. The van der Waals surface area contributed by atoms with Gasteiger partial charge in [-0.15, -0.1) is 0 Å². The molecule has 0 fully saturated rings. The molecule has 2 aromatic carbocycles. The highest BCUT2D eigenvalue weighted by atomic mass is 19.4. The van der Waals surface area contributed by atoms with Gasteiger partial charge in [-0.25, -0.2) is 4.79 Å². The van der Waals surface area contributed by atoms with E-state index in [2.05, 4.69) is 36.1 Å². The molecule has 7 heteroatoms. The molecular formula is C21H25F3N2O2. The van der Waals surface area contributed by atoms with Crippen molar-refractivity contribution in [2.75, 3.05) is 17.2 Å². The fraction of sp³-hybridized carbons (Fsp3) is 0.381. The Morgan fingerprint density at radius 2 is 1.68 bits per heavy atom. The zero-order valence-corrected chi connectivity index (χ0v) is 16.4. The lowest BCUT2D eigenvalue weighted by atomic mass is 9.87. The second-order valence-corrected chi connectivity index (χ2v) is 7.40. The van der Waals surface area contributed by atoms with Crippen LogP contribution in [0.15, 0.2) is 42.5 Å². The average Bonchev–Trinajstić information content (AvgIpc) is 2.59. The highest BCUT2D eigenvalue weighted by Gasteiger charge is 2.34. The lowest BCUT2D eigenvalue weighted by Gasteiger charge is -2.19. The summed E-state index contributed by atoms with van der Waals surface area (Å²) in [5.74, 6) is 0. The number of benzene rings is 2. The molecule has 1 amide bonds. The molecule has 152 valence electrons. The summed E-state index contributed by atoms with van der Waals surface area (Å²) in [4.78, 5) is 11.5. The van der Waals surface area contributed by atoms with Crippen molar-refractivity contribution in [3.05, 3.63) is 59.2 Å². The minimum Gasteiger partial charge on any atom is -0.450 e. The minimum absolute atomic E-state index is 0.0370. The predicted octanol–water partition coefficient (Wildman–Crippen LogP) is 6.18. The summed E-state index contributed by atoms with van der Waals surface area (Å²) in [6, 6.07) is 11.6. The Kier molecular flexibility index (Phi) is 6.59. The van der Waals surface area contributed by atoms with Gasteiger partial charge in [-0.2, -0.15) is 13.2 Å². The van der Waals surface area contributed by atoms with Crippen molar-refractivity contribution in [1.82, 2.24) is 0 Å². The van der Waals surface area contributed by atoms with E-state index in [0.29, 0.717) is 12.2 Å². The van der Waals surface area contributed by atoms with Crippen LogP contribution in [-0.4, -0.2) is 12.7 Å². The standard InChI is InChI=1S/C21H25F3N2O2/c1-5-28-19(27)26-18-11-10-16(12-17(18)21(22,23)24)25-13-14-6-8-15(9-7-14)20(2,3)4/h6-12,25H,5,13H2,1-4H3,(H,26,27). The van der Waals surface area contributed by atoms with Gasteiger partial charge in [-0.1, -0.05) is 45.0 Å². The summed E-state index contributed by atoms with van der Waals surface area (Å²) in [5, 5.41) is 5.12. The van der Waals surface area contributed by atoms with E-state index < -0.39 is 17.8 Å². The molecule has 2 aromatic rings. The second-order valence-electron chi connectivity index (χ2n) is 7.40. The van der Waals surface area contributed by atoms with E-state index >= 15 is 0 Å². The number of alkyl halides is 3. The molecule has 0 aliphatic carbocycles. The molecule has 0 spiro atoms. The number of amides is 1. The fourth-order valence-electron chi connectivity index (χ4n) is 2.60. The molecular weight excluding hydrogens is 369 g/mol. The summed E-state index contributed by atoms with van der Waals surface area (Å²) in [6.45, 7) is 8.37. The van der Waals surface area contributed by atoms with Crippen molar-refractivity contribution in [3.8, 4) is 0 Å². The number of halogens is 3. The number of rotatable bonds is 5. The molecule has 0 heterocycles. The Labute approximate surface area is 163 Å². The van der Waals surface area contributed by atoms with Gasteiger partial charge in [0.2, 0.25) is 0 Å². The minimum atomic E-state index is -4.61. The van der Waals surface area contributed by atoms with E-state index in [0.717, 1.165) is 11.6 Å². The molecule has 0 radical (unpaired) electrons. The number of nitrogens with one attached hydrogen (secondary N) is 2. The van der Waals surface area contributed by atoms with E-state index in [1.165, 1.54) is 17.7 Å². The molecule has 0 unspecified atom stereocenters. The molecule has 0 bridgehead atoms. The highest BCUT2D eigenvalue weighted by Crippen LogP contribution is 2.36. The Morgan fingerprint density at radius 3 is 2.21 bits per heavy atom. The van der Waals surface area contributed by atoms with Gasteiger partial charge in [0, 0.05) is 12.2 Å². The molecule has 0 atom stereocenters. The number of hydrogen-bond acceptors (Lipinski definition) is 3. The van der Waals surface area contributed by atoms with Gasteiger partial charge in [-0.3, -0.25) is 5.32 Å². The summed E-state index contributed by atoms with van der Waals surface area (Å²) in [6.07, 6.45) is -5.53. The number of anilines is 2. The summed E-state index contributed by atoms with van der Waals surface area (Å²) in [5.41, 5.74) is 1.21. The van der Waals surface area contributed by atoms with Crippen LogP contribution in [0, 0.1) is 0 Å². The first-order valence-corrected chi connectivity index (χ1v) is 8.99. The molecule has 28 heavy (non-hydrogen) atoms. The second kappa shape index (κ2) is 8.54. The van der Waals surface area contributed by atoms with E-state index in [9.17, 15) is 18.0 Å². The Balaban J connectivity index is 2.14. The number of ether oxygens (including phenoxy) is 1. The van der Waals surface area contributed by atoms with Crippen LogP contribution in [0.25, 0.3) is 0 Å². The van der Waals surface area contributed by atoms with Crippen molar-refractivity contribution in [2.45, 2.75) is 45.8 Å². The quantitative estimate of drug-likeness (QED) is 0.636. The SMILES string of the molecule is CCOC(=O)Nc1ccc(NCc2ccc(C(C)(C)C)cc2)cc1C(F)(F)F. The fourth-order valence-corrected chi connectivity index (χ4v) is 2.60. The Morgan fingerprint density at radius 1 is 1.04 bits per heavy atom. The number of carbonyl (C=O) groups excluding carboxylic acids is 1. The third-order valence-corrected chi connectivity index (χ3v) is 4.15. The van der Waals surface area contributed by atoms with Gasteiger partial charge in [0.25, 0.3) is 0 Å². The van der Waals surface area contributed by atoms with E-state index in [1.54, 1.807) is 6.92 Å². The topological polar surface area (TPSA) is 50.4 Å². The van der Waals surface area contributed by atoms with E-state index in [-0.39, 0.29) is 17.7 Å². The van der Waals surface area contributed by atoms with Gasteiger partial charge in [-0.05, 0) is 41.7 Å². The maximum absolute atomic E-state index is 13.4. The average molecular weight is 394 g/mol. The normalized spacial score (nSPS) is 11.8. The van der Waals surface area contributed by atoms with Gasteiger partial charge < -0.3 is 10.1 Å². The number of hydrogen-bond donors (Lipinski definition) is 2. The molecule has 0 saturated carbocycles. The maximum Gasteiger partial charge on any atom is 0.418 e. The van der Waals surface area contributed by atoms with Crippen molar-refractivity contribution in [3.63, 3.8) is 0 Å². The van der Waals surface area contributed by atoms with Crippen LogP contribution in [0.3, 0.4) is 0 Å². The van der Waals surface area contributed by atoms with Crippen LogP contribution in [0.5, 0.6) is 0 Å². The lowest BCUT2D eigenvalue weighted by Crippen LogP contribution is -2.18. The van der Waals surface area contributed by atoms with Crippen molar-refractivity contribution < 1.29 is 22.7 Å². The molecule has 0 saturated heterocycles. The first-order valence-electron chi connectivity index (χ1n) is 8.99. The zero-order valence-electron chi connectivity index (χ0n) is 16.4. The number of carbonyl (C=O) groups is 1. The highest BCUT2D eigenvalue weighted by molar-refractivity contribution is 5.86. The van der Waals surface area contributed by atoms with Gasteiger partial charge in [0.1, 0.15) is 0 Å². The first kappa shape index (κ1) is 21.6. The van der Waals surface area contributed by atoms with Crippen LogP contribution < -0.4 is 10.6 Å². The van der Waals surface area contributed by atoms with Crippen LogP contribution in [0.2, 0.25) is 0 Å². The van der Waals surface area contributed by atoms with Crippen LogP contribution >= 0.6 is 0 Å². The van der Waals surface area contributed by atoms with Crippen LogP contribution in [0.1, 0.15) is 44.4 Å². The van der Waals surface area contributed by atoms with Crippen molar-refractivity contribution in [2.24, 2.45) is 0 Å². The third-order valence-electron chi connectivity index (χ3n) is 4.15. The zero-order chi connectivity index (χ0) is 20.9. The Bertz CT molecular complexity index is 810. The molecule has 0 aliphatic heterocycles. The van der Waals surface area contributed by atoms with E-state index in [4.69, 9.17) is 0 Å². The predicted molar refractivity (Wildman–Crippen MR) is 105 cm³/mol. The van der Waals surface area contributed by atoms with Crippen molar-refractivity contribution in [1.29, 1.82) is 0 Å². The molecule has 0 aromatic heterocycles. The largest absolute Gasteiger partial charge is 0.450 e.